The Morgan fingerprint density at radius 1 is 0.973 bits per heavy atom. The summed E-state index contributed by atoms with van der Waals surface area (Å²) in [6.07, 6.45) is 0.339. The zero-order valence-electron chi connectivity index (χ0n) is 20.1. The number of hydrogen-bond acceptors (Lipinski definition) is 3. The van der Waals surface area contributed by atoms with E-state index in [1.807, 2.05) is 48.5 Å². The number of halogens is 2. The molecule has 1 N–H and O–H groups in total. The van der Waals surface area contributed by atoms with Gasteiger partial charge in [0, 0.05) is 36.7 Å². The molecule has 184 valence electrons. The molecule has 0 saturated carbocycles. The van der Waals surface area contributed by atoms with Crippen LogP contribution in [0.1, 0.15) is 16.7 Å². The highest BCUT2D eigenvalue weighted by Gasteiger charge is 2.32. The molecule has 2 heterocycles. The highest BCUT2D eigenvalue weighted by molar-refractivity contribution is 6.32. The third-order valence-corrected chi connectivity index (χ3v) is 7.16. The van der Waals surface area contributed by atoms with Gasteiger partial charge in [0.25, 0.3) is 5.91 Å². The number of nitrogens with zero attached hydrogens (tertiary/aromatic N) is 3. The van der Waals surface area contributed by atoms with Crippen LogP contribution in [0.15, 0.2) is 82.6 Å². The van der Waals surface area contributed by atoms with Crippen molar-refractivity contribution in [3.8, 4) is 0 Å². The van der Waals surface area contributed by atoms with Gasteiger partial charge in [0.2, 0.25) is 0 Å². The number of likely N-dealkylation sites (N-methyl/N-ethyl adjacent to an activating group) is 1. The third kappa shape index (κ3) is 3.92. The Hall–Kier alpha value is -4.23. The predicted octanol–water partition coefficient (Wildman–Crippen LogP) is 5.24. The van der Waals surface area contributed by atoms with E-state index in [1.165, 1.54) is 15.5 Å². The van der Waals surface area contributed by atoms with Gasteiger partial charge in [-0.05, 0) is 40.6 Å². The van der Waals surface area contributed by atoms with Crippen LogP contribution in [0.3, 0.4) is 0 Å². The average molecular weight is 513 g/mol. The number of carbonyl (C=O) groups excluding carboxylic acids is 1. The fourth-order valence-corrected chi connectivity index (χ4v) is 5.23. The molecule has 1 aliphatic rings. The molecule has 1 aliphatic heterocycles. The van der Waals surface area contributed by atoms with Crippen LogP contribution in [-0.4, -0.2) is 34.3 Å². The molecular weight excluding hydrogens is 491 g/mol. The van der Waals surface area contributed by atoms with E-state index in [1.54, 1.807) is 26.2 Å². The van der Waals surface area contributed by atoms with E-state index in [-0.39, 0.29) is 22.3 Å². The Bertz CT molecular complexity index is 1820. The summed E-state index contributed by atoms with van der Waals surface area (Å²) in [5, 5.41) is 2.38. The summed E-state index contributed by atoms with van der Waals surface area (Å²) in [6, 6.07) is 21.5. The molecular formula is C29H22ClFN4O2. The second-order valence-electron chi connectivity index (χ2n) is 9.28. The largest absolute Gasteiger partial charge is 0.326 e. The highest BCUT2D eigenvalue weighted by atomic mass is 35.5. The van der Waals surface area contributed by atoms with Gasteiger partial charge in [-0.3, -0.25) is 14.4 Å². The fourth-order valence-electron chi connectivity index (χ4n) is 5.02. The van der Waals surface area contributed by atoms with Gasteiger partial charge in [-0.25, -0.2) is 9.18 Å². The quantitative estimate of drug-likeness (QED) is 0.359. The second kappa shape index (κ2) is 8.71. The van der Waals surface area contributed by atoms with Gasteiger partial charge in [0.05, 0.1) is 22.4 Å². The zero-order valence-corrected chi connectivity index (χ0v) is 20.9. The molecule has 1 unspecified atom stereocenters. The molecule has 1 atom stereocenters. The Balaban J connectivity index is 1.54. The van der Waals surface area contributed by atoms with E-state index in [0.717, 1.165) is 16.3 Å². The van der Waals surface area contributed by atoms with Gasteiger partial charge in [-0.15, -0.1) is 0 Å². The van der Waals surface area contributed by atoms with Crippen molar-refractivity contribution in [2.24, 2.45) is 12.0 Å². The number of benzodiazepines with no additional fused rings is 1. The normalized spacial score (nSPS) is 15.7. The monoisotopic (exact) mass is 512 g/mol. The van der Waals surface area contributed by atoms with Gasteiger partial charge in [-0.1, -0.05) is 60.1 Å². The number of aromatic nitrogens is 2. The van der Waals surface area contributed by atoms with Crippen molar-refractivity contribution in [3.05, 3.63) is 111 Å². The van der Waals surface area contributed by atoms with Crippen molar-refractivity contribution >= 4 is 50.7 Å². The number of aliphatic imine (C=N–C) groups is 1. The standard InChI is InChI=1S/C29H22ClFN4O2/c1-34-25-13-19(9-10-23(25)33-29(34)37)26-21-14-20(30)15-22(31)27(21)35(2)28(36)24(32-26)12-16-7-8-17-5-3-4-6-18(17)11-16/h3-11,13-15,24H,12H2,1-2H3,(H,33,37). The van der Waals surface area contributed by atoms with E-state index in [0.29, 0.717) is 34.3 Å². The topological polar surface area (TPSA) is 70.5 Å². The van der Waals surface area contributed by atoms with E-state index in [9.17, 15) is 9.59 Å². The zero-order chi connectivity index (χ0) is 25.8. The average Bonchev–Trinajstić information content (AvgIpc) is 3.12. The fraction of sp³-hybridized carbons (Fsp3) is 0.138. The summed E-state index contributed by atoms with van der Waals surface area (Å²) in [5.74, 6) is -0.923. The van der Waals surface area contributed by atoms with Crippen LogP contribution >= 0.6 is 11.6 Å². The molecule has 0 aliphatic carbocycles. The molecule has 0 radical (unpaired) electrons. The lowest BCUT2D eigenvalue weighted by Crippen LogP contribution is -2.36. The molecule has 4 aromatic carbocycles. The number of benzene rings is 4. The molecule has 0 bridgehead atoms. The Morgan fingerprint density at radius 2 is 1.76 bits per heavy atom. The Labute approximate surface area is 216 Å². The number of anilines is 1. The van der Waals surface area contributed by atoms with Crippen molar-refractivity contribution in [3.63, 3.8) is 0 Å². The third-order valence-electron chi connectivity index (χ3n) is 6.94. The van der Waals surface area contributed by atoms with Crippen LogP contribution in [0.2, 0.25) is 5.02 Å². The molecule has 6 rings (SSSR count). The molecule has 0 spiro atoms. The molecule has 1 amide bonds. The maximum Gasteiger partial charge on any atom is 0.326 e. The maximum absolute atomic E-state index is 15.3. The van der Waals surface area contributed by atoms with Gasteiger partial charge < -0.3 is 9.88 Å². The van der Waals surface area contributed by atoms with Crippen LogP contribution in [0, 0.1) is 5.82 Å². The first-order valence-electron chi connectivity index (χ1n) is 11.8. The van der Waals surface area contributed by atoms with Crippen molar-refractivity contribution < 1.29 is 9.18 Å². The Morgan fingerprint density at radius 3 is 2.57 bits per heavy atom. The second-order valence-corrected chi connectivity index (χ2v) is 9.72. The van der Waals surface area contributed by atoms with Crippen LogP contribution in [0.25, 0.3) is 21.8 Å². The number of carbonyl (C=O) groups is 1. The number of rotatable bonds is 3. The summed E-state index contributed by atoms with van der Waals surface area (Å²) in [4.78, 5) is 34.8. The highest BCUT2D eigenvalue weighted by Crippen LogP contribution is 2.34. The number of hydrogen-bond donors (Lipinski definition) is 1. The lowest BCUT2D eigenvalue weighted by molar-refractivity contribution is -0.119. The minimum Gasteiger partial charge on any atom is -0.310 e. The molecule has 5 aromatic rings. The van der Waals surface area contributed by atoms with Crippen LogP contribution in [0.5, 0.6) is 0 Å². The first-order valence-corrected chi connectivity index (χ1v) is 12.2. The van der Waals surface area contributed by atoms with E-state index in [2.05, 4.69) is 11.1 Å². The van der Waals surface area contributed by atoms with Gasteiger partial charge in [-0.2, -0.15) is 0 Å². The summed E-state index contributed by atoms with van der Waals surface area (Å²) >= 11 is 6.27. The number of aryl methyl sites for hydroxylation is 1. The number of imidazole rings is 1. The number of amides is 1. The summed E-state index contributed by atoms with van der Waals surface area (Å²) < 4.78 is 16.8. The lowest BCUT2D eigenvalue weighted by atomic mass is 9.99. The first-order chi connectivity index (χ1) is 17.8. The molecule has 1 aromatic heterocycles. The summed E-state index contributed by atoms with van der Waals surface area (Å²) in [5.41, 5.74) is 3.68. The minimum atomic E-state index is -0.794. The van der Waals surface area contributed by atoms with Crippen molar-refractivity contribution in [2.75, 3.05) is 11.9 Å². The number of fused-ring (bicyclic) bond motifs is 3. The van der Waals surface area contributed by atoms with Crippen LogP contribution in [-0.2, 0) is 18.3 Å². The smallest absolute Gasteiger partial charge is 0.310 e. The lowest BCUT2D eigenvalue weighted by Gasteiger charge is -2.21. The van der Waals surface area contributed by atoms with E-state index >= 15 is 4.39 Å². The van der Waals surface area contributed by atoms with Crippen molar-refractivity contribution in [1.82, 2.24) is 9.55 Å². The van der Waals surface area contributed by atoms with E-state index < -0.39 is 11.9 Å². The van der Waals surface area contributed by atoms with E-state index in [4.69, 9.17) is 16.6 Å². The molecule has 6 nitrogen and oxygen atoms in total. The maximum atomic E-state index is 15.3. The number of aromatic amines is 1. The molecule has 37 heavy (non-hydrogen) atoms. The van der Waals surface area contributed by atoms with Gasteiger partial charge >= 0.3 is 5.69 Å². The predicted molar refractivity (Wildman–Crippen MR) is 145 cm³/mol. The van der Waals surface area contributed by atoms with Crippen molar-refractivity contribution in [2.45, 2.75) is 12.5 Å². The first kappa shape index (κ1) is 23.2. The number of H-pyrrole nitrogens is 1. The molecule has 0 saturated heterocycles. The van der Waals surface area contributed by atoms with Gasteiger partial charge in [0.1, 0.15) is 11.9 Å². The van der Waals surface area contributed by atoms with Crippen LogP contribution < -0.4 is 10.6 Å². The summed E-state index contributed by atoms with van der Waals surface area (Å²) in [7, 11) is 3.23. The Kier molecular flexibility index (Phi) is 5.46. The summed E-state index contributed by atoms with van der Waals surface area (Å²) in [6.45, 7) is 0. The van der Waals surface area contributed by atoms with Crippen LogP contribution in [0.4, 0.5) is 10.1 Å². The molecule has 8 heteroatoms. The SMILES string of the molecule is CN1C(=O)C(Cc2ccc3ccccc3c2)N=C(c2ccc3[nH]c(=O)n(C)c3c2)c2cc(Cl)cc(F)c21. The number of nitrogens with one attached hydrogen (secondary N) is 1. The van der Waals surface area contributed by atoms with Gasteiger partial charge in [0.15, 0.2) is 0 Å². The van der Waals surface area contributed by atoms with Crippen molar-refractivity contribution in [1.29, 1.82) is 0 Å². The minimum absolute atomic E-state index is 0.122. The molecule has 0 fully saturated rings.